The zero-order valence-electron chi connectivity index (χ0n) is 11.0. The van der Waals surface area contributed by atoms with E-state index in [0.717, 1.165) is 32.1 Å². The Balaban J connectivity index is 3.76. The van der Waals surface area contributed by atoms with Crippen LogP contribution in [0.25, 0.3) is 0 Å². The first-order valence-electron chi connectivity index (χ1n) is 5.96. The van der Waals surface area contributed by atoms with Crippen LogP contribution in [0, 0.1) is 0 Å². The van der Waals surface area contributed by atoms with Gasteiger partial charge in [-0.05, 0) is 13.3 Å². The summed E-state index contributed by atoms with van der Waals surface area (Å²) in [5.41, 5.74) is 0. The van der Waals surface area contributed by atoms with Crippen molar-refractivity contribution in [3.05, 3.63) is 0 Å². The monoisotopic (exact) mass is 244 g/mol. The molecule has 100 valence electrons. The number of hydrogen-bond donors (Lipinski definition) is 3. The lowest BCUT2D eigenvalue weighted by Crippen LogP contribution is -2.41. The number of nitrogens with one attached hydrogen (secondary N) is 3. The minimum Gasteiger partial charge on any atom is -0.385 e. The van der Waals surface area contributed by atoms with Gasteiger partial charge in [0.2, 0.25) is 5.91 Å². The van der Waals surface area contributed by atoms with Crippen LogP contribution in [-0.2, 0) is 9.53 Å². The highest BCUT2D eigenvalue weighted by Crippen LogP contribution is 1.82. The van der Waals surface area contributed by atoms with Gasteiger partial charge in [0.05, 0.1) is 0 Å². The molecule has 0 aliphatic heterocycles. The van der Waals surface area contributed by atoms with Gasteiger partial charge in [-0.2, -0.15) is 0 Å². The van der Waals surface area contributed by atoms with Gasteiger partial charge in [-0.1, -0.05) is 0 Å². The van der Waals surface area contributed by atoms with Crippen LogP contribution in [0.5, 0.6) is 0 Å². The smallest absolute Gasteiger partial charge is 0.216 e. The maximum atomic E-state index is 10.7. The van der Waals surface area contributed by atoms with Gasteiger partial charge in [0.1, 0.15) is 0 Å². The minimum absolute atomic E-state index is 0.0196. The number of methoxy groups -OCH3 is 1. The molecule has 0 aliphatic rings. The summed E-state index contributed by atoms with van der Waals surface area (Å²) in [6.45, 7) is 7.03. The summed E-state index contributed by atoms with van der Waals surface area (Å²) in [5.74, 6) is 0.753. The molecular weight excluding hydrogens is 220 g/mol. The second-order valence-corrected chi connectivity index (χ2v) is 3.52. The lowest BCUT2D eigenvalue weighted by molar-refractivity contribution is -0.118. The van der Waals surface area contributed by atoms with E-state index in [-0.39, 0.29) is 5.91 Å². The molecule has 17 heavy (non-hydrogen) atoms. The van der Waals surface area contributed by atoms with Gasteiger partial charge in [-0.3, -0.25) is 9.79 Å². The highest BCUT2D eigenvalue weighted by atomic mass is 16.5. The molecule has 0 atom stereocenters. The van der Waals surface area contributed by atoms with Crippen molar-refractivity contribution in [2.45, 2.75) is 20.3 Å². The molecule has 0 rings (SSSR count). The largest absolute Gasteiger partial charge is 0.385 e. The number of rotatable bonds is 8. The van der Waals surface area contributed by atoms with E-state index in [9.17, 15) is 4.79 Å². The molecule has 0 radical (unpaired) electrons. The van der Waals surface area contributed by atoms with Gasteiger partial charge >= 0.3 is 0 Å². The molecule has 0 aromatic heterocycles. The Morgan fingerprint density at radius 2 is 1.94 bits per heavy atom. The quantitative estimate of drug-likeness (QED) is 0.312. The van der Waals surface area contributed by atoms with Crippen LogP contribution < -0.4 is 16.0 Å². The second-order valence-electron chi connectivity index (χ2n) is 3.52. The summed E-state index contributed by atoms with van der Waals surface area (Å²) < 4.78 is 4.95. The predicted molar refractivity (Wildman–Crippen MR) is 69.2 cm³/mol. The van der Waals surface area contributed by atoms with Crippen molar-refractivity contribution in [1.82, 2.24) is 16.0 Å². The molecule has 3 N–H and O–H groups in total. The summed E-state index contributed by atoms with van der Waals surface area (Å²) >= 11 is 0. The van der Waals surface area contributed by atoms with E-state index in [2.05, 4.69) is 20.9 Å². The Morgan fingerprint density at radius 1 is 1.24 bits per heavy atom. The number of aliphatic imine (C=N–C) groups is 1. The number of ether oxygens (including phenoxy) is 1. The van der Waals surface area contributed by atoms with E-state index in [1.807, 2.05) is 6.92 Å². The van der Waals surface area contributed by atoms with E-state index < -0.39 is 0 Å². The zero-order valence-corrected chi connectivity index (χ0v) is 11.0. The summed E-state index contributed by atoms with van der Waals surface area (Å²) in [7, 11) is 1.68. The lowest BCUT2D eigenvalue weighted by atomic mass is 10.4. The first kappa shape index (κ1) is 15.7. The van der Waals surface area contributed by atoms with Gasteiger partial charge in [0.25, 0.3) is 0 Å². The highest BCUT2D eigenvalue weighted by Gasteiger charge is 1.96. The summed E-state index contributed by atoms with van der Waals surface area (Å²) in [5, 5.41) is 8.98. The molecule has 0 saturated heterocycles. The average Bonchev–Trinajstić information content (AvgIpc) is 2.29. The van der Waals surface area contributed by atoms with E-state index in [0.29, 0.717) is 13.1 Å². The molecule has 0 heterocycles. The van der Waals surface area contributed by atoms with Crippen molar-refractivity contribution in [1.29, 1.82) is 0 Å². The SMILES string of the molecule is CCNC(=NCCCOC)NCCNC(C)=O. The van der Waals surface area contributed by atoms with E-state index >= 15 is 0 Å². The van der Waals surface area contributed by atoms with Crippen molar-refractivity contribution in [3.63, 3.8) is 0 Å². The number of carbonyl (C=O) groups excluding carboxylic acids is 1. The highest BCUT2D eigenvalue weighted by molar-refractivity contribution is 5.79. The maximum Gasteiger partial charge on any atom is 0.216 e. The van der Waals surface area contributed by atoms with Crippen LogP contribution in [0.3, 0.4) is 0 Å². The number of hydrogen-bond acceptors (Lipinski definition) is 3. The van der Waals surface area contributed by atoms with Gasteiger partial charge in [-0.15, -0.1) is 0 Å². The topological polar surface area (TPSA) is 74.8 Å². The molecule has 6 heteroatoms. The Bertz CT molecular complexity index is 232. The fourth-order valence-corrected chi connectivity index (χ4v) is 1.16. The molecule has 0 aliphatic carbocycles. The summed E-state index contributed by atoms with van der Waals surface area (Å²) in [6, 6.07) is 0. The van der Waals surface area contributed by atoms with Crippen LogP contribution >= 0.6 is 0 Å². The maximum absolute atomic E-state index is 10.7. The zero-order chi connectivity index (χ0) is 12.9. The molecule has 6 nitrogen and oxygen atoms in total. The molecule has 0 unspecified atom stereocenters. The van der Waals surface area contributed by atoms with Crippen LogP contribution in [0.1, 0.15) is 20.3 Å². The van der Waals surface area contributed by atoms with Crippen LogP contribution in [0.15, 0.2) is 4.99 Å². The third-order valence-corrected chi connectivity index (χ3v) is 1.91. The van der Waals surface area contributed by atoms with Crippen molar-refractivity contribution < 1.29 is 9.53 Å². The van der Waals surface area contributed by atoms with E-state index in [1.165, 1.54) is 6.92 Å². The molecule has 0 spiro atoms. The molecular formula is C11H24N4O2. The van der Waals surface area contributed by atoms with Gasteiger partial charge in [0, 0.05) is 46.8 Å². The fraction of sp³-hybridized carbons (Fsp3) is 0.818. The molecule has 0 bridgehead atoms. The second kappa shape index (κ2) is 11.2. The molecule has 0 fully saturated rings. The van der Waals surface area contributed by atoms with Crippen molar-refractivity contribution >= 4 is 11.9 Å². The molecule has 0 aromatic carbocycles. The van der Waals surface area contributed by atoms with Gasteiger partial charge in [-0.25, -0.2) is 0 Å². The van der Waals surface area contributed by atoms with Crippen molar-refractivity contribution in [2.24, 2.45) is 4.99 Å². The molecule has 1 amide bonds. The summed E-state index contributed by atoms with van der Waals surface area (Å²) in [6.07, 6.45) is 0.902. The van der Waals surface area contributed by atoms with Gasteiger partial charge in [0.15, 0.2) is 5.96 Å². The van der Waals surface area contributed by atoms with Gasteiger partial charge < -0.3 is 20.7 Å². The van der Waals surface area contributed by atoms with E-state index in [4.69, 9.17) is 4.74 Å². The van der Waals surface area contributed by atoms with Crippen molar-refractivity contribution in [3.8, 4) is 0 Å². The first-order valence-corrected chi connectivity index (χ1v) is 5.96. The number of carbonyl (C=O) groups is 1. The number of amides is 1. The fourth-order valence-electron chi connectivity index (χ4n) is 1.16. The predicted octanol–water partition coefficient (Wildman–Crippen LogP) is -0.286. The standard InChI is InChI=1S/C11H24N4O2/c1-4-12-11(14-6-5-9-17-3)15-8-7-13-10(2)16/h4-9H2,1-3H3,(H,13,16)(H2,12,14,15). The molecule has 0 aromatic rings. The number of guanidine groups is 1. The van der Waals surface area contributed by atoms with Crippen molar-refractivity contribution in [2.75, 3.05) is 39.9 Å². The lowest BCUT2D eigenvalue weighted by Gasteiger charge is -2.11. The first-order chi connectivity index (χ1) is 8.20. The molecule has 0 saturated carbocycles. The summed E-state index contributed by atoms with van der Waals surface area (Å²) in [4.78, 5) is 15.0. The van der Waals surface area contributed by atoms with Crippen LogP contribution in [-0.4, -0.2) is 51.8 Å². The Morgan fingerprint density at radius 3 is 2.53 bits per heavy atom. The minimum atomic E-state index is -0.0196. The number of nitrogens with zero attached hydrogens (tertiary/aromatic N) is 1. The average molecular weight is 244 g/mol. The Labute approximate surface area is 103 Å². The normalized spacial score (nSPS) is 11.1. The van der Waals surface area contributed by atoms with Crippen LogP contribution in [0.4, 0.5) is 0 Å². The third-order valence-electron chi connectivity index (χ3n) is 1.91. The van der Waals surface area contributed by atoms with E-state index in [1.54, 1.807) is 7.11 Å². The van der Waals surface area contributed by atoms with Crippen LogP contribution in [0.2, 0.25) is 0 Å². The third kappa shape index (κ3) is 11.0. The Hall–Kier alpha value is -1.30. The Kier molecular flexibility index (Phi) is 10.3.